The van der Waals surface area contributed by atoms with E-state index < -0.39 is 58.6 Å². The molecule has 1 aliphatic heterocycles. The second-order valence-corrected chi connectivity index (χ2v) is 15.8. The van der Waals surface area contributed by atoms with Gasteiger partial charge in [-0.2, -0.15) is 4.98 Å². The molecule has 1 N–H and O–H groups in total. The number of ether oxygens (including phenoxy) is 1. The molecule has 1 atom stereocenters. The molecule has 3 aromatic carbocycles. The zero-order valence-electron chi connectivity index (χ0n) is 33.5. The molecule has 0 bridgehead atoms. The van der Waals surface area contributed by atoms with Gasteiger partial charge in [0.15, 0.2) is 11.6 Å². The Bertz CT molecular complexity index is 2790. The number of carbonyl (C=O) groups is 2. The highest BCUT2D eigenvalue weighted by Gasteiger charge is 2.36. The van der Waals surface area contributed by atoms with Crippen molar-refractivity contribution in [3.8, 4) is 16.8 Å². The van der Waals surface area contributed by atoms with Crippen molar-refractivity contribution in [2.24, 2.45) is 0 Å². The Balaban J connectivity index is 1.42. The Hall–Kier alpha value is -6.52. The fourth-order valence-corrected chi connectivity index (χ4v) is 7.44. The fraction of sp³-hybridized carbons (Fsp3) is 0.256. The number of fused-ring (bicyclic) bond motifs is 2. The largest absolute Gasteiger partial charge is 0.444 e. The number of halogens is 4. The van der Waals surface area contributed by atoms with Gasteiger partial charge in [-0.1, -0.05) is 48.0 Å². The minimum atomic E-state index is -1.43. The van der Waals surface area contributed by atoms with Crippen LogP contribution in [0.15, 0.2) is 111 Å². The molecule has 13 nitrogen and oxygen atoms in total. The van der Waals surface area contributed by atoms with Crippen molar-refractivity contribution in [1.29, 1.82) is 0 Å². The Morgan fingerprint density at radius 1 is 1.02 bits per heavy atom. The molecule has 0 saturated carbocycles. The first-order valence-corrected chi connectivity index (χ1v) is 19.1. The number of rotatable bonds is 10. The summed E-state index contributed by atoms with van der Waals surface area (Å²) in [7, 11) is 5.29. The van der Waals surface area contributed by atoms with Gasteiger partial charge in [-0.05, 0) is 67.7 Å². The van der Waals surface area contributed by atoms with E-state index in [1.54, 1.807) is 82.6 Å². The van der Waals surface area contributed by atoms with Crippen molar-refractivity contribution < 1.29 is 27.5 Å². The minimum Gasteiger partial charge on any atom is -0.444 e. The van der Waals surface area contributed by atoms with Gasteiger partial charge in [0.1, 0.15) is 17.7 Å². The number of nitrogens with zero attached hydrogens (tertiary/aromatic N) is 7. The Morgan fingerprint density at radius 3 is 2.48 bits per heavy atom. The third kappa shape index (κ3) is 8.07. The van der Waals surface area contributed by atoms with Crippen LogP contribution in [0.1, 0.15) is 43.1 Å². The summed E-state index contributed by atoms with van der Waals surface area (Å²) in [5.74, 6) is -4.34. The lowest BCUT2D eigenvalue weighted by Crippen LogP contribution is -2.42. The lowest BCUT2D eigenvalue weighted by atomic mass is 9.90. The number of hydrogen-bond acceptors (Lipinski definition) is 10. The lowest BCUT2D eigenvalue weighted by molar-refractivity contribution is 0.0300. The van der Waals surface area contributed by atoms with Gasteiger partial charge in [0.25, 0.3) is 0 Å². The molecule has 0 fully saturated rings. The van der Waals surface area contributed by atoms with Gasteiger partial charge < -0.3 is 20.0 Å². The summed E-state index contributed by atoms with van der Waals surface area (Å²) in [6.07, 6.45) is 6.82. The second kappa shape index (κ2) is 16.3. The van der Waals surface area contributed by atoms with Crippen LogP contribution in [-0.4, -0.2) is 85.7 Å². The smallest absolute Gasteiger partial charge is 0.410 e. The van der Waals surface area contributed by atoms with E-state index in [2.05, 4.69) is 15.3 Å². The summed E-state index contributed by atoms with van der Waals surface area (Å²) >= 11 is 7.00. The van der Waals surface area contributed by atoms with Gasteiger partial charge in [0.05, 0.1) is 35.2 Å². The van der Waals surface area contributed by atoms with Crippen LogP contribution in [0.3, 0.4) is 0 Å². The number of pyridine rings is 1. The number of hydrazine groups is 1. The number of likely N-dealkylation sites (N-methyl/N-ethyl adjacent to an activating group) is 1. The number of amides is 1. The standard InChI is InChI=1S/C43H40ClF3N8O5/c1-43(2,3)60-42(59)51(4)14-13-29-30-22-52(5)53(6)35(30)17-31(44)38(29)49-39-50-40(57)55(41(58)54(39)21-27-16-33(46)34(47)18-32(27)45)36-20-48-19-26-11-8-12-28(37(26)36)25-10-7-9-24(15-25)23-56/h7-12,15-20,22-23,35H,13-14,21H2,1-6H3,(H,49,50,57). The van der Waals surface area contributed by atoms with Crippen LogP contribution in [0.25, 0.3) is 27.6 Å². The maximum atomic E-state index is 15.4. The van der Waals surface area contributed by atoms with Gasteiger partial charge in [-0.3, -0.25) is 14.3 Å². The van der Waals surface area contributed by atoms with E-state index >= 15 is 4.39 Å². The molecule has 60 heavy (non-hydrogen) atoms. The summed E-state index contributed by atoms with van der Waals surface area (Å²) < 4.78 is 51.4. The van der Waals surface area contributed by atoms with Crippen molar-refractivity contribution in [2.75, 3.05) is 33.0 Å². The average Bonchev–Trinajstić information content (AvgIpc) is 3.48. The molecule has 2 aliphatic rings. The number of aldehydes is 1. The molecule has 7 rings (SSSR count). The summed E-state index contributed by atoms with van der Waals surface area (Å²) in [6.45, 7) is 4.71. The molecule has 1 aliphatic carbocycles. The molecule has 0 saturated heterocycles. The van der Waals surface area contributed by atoms with Crippen molar-refractivity contribution in [2.45, 2.75) is 45.4 Å². The van der Waals surface area contributed by atoms with Crippen LogP contribution >= 0.6 is 11.6 Å². The molecule has 1 unspecified atom stereocenters. The van der Waals surface area contributed by atoms with Crippen LogP contribution in [0, 0.1) is 17.5 Å². The van der Waals surface area contributed by atoms with E-state index in [0.29, 0.717) is 51.5 Å². The molecule has 17 heteroatoms. The maximum absolute atomic E-state index is 15.4. The van der Waals surface area contributed by atoms with Crippen LogP contribution in [0.2, 0.25) is 0 Å². The first-order valence-electron chi connectivity index (χ1n) is 18.8. The number of benzene rings is 3. The SMILES string of the molecule is CN(CCC1=C(Nc2nc(=O)n(-c3cncc4cccc(-c5cccc(C=O)c5)c34)c(=O)n2Cc2cc(F)c(F)cc2F)C(Cl)=CC2C1=CN(C)N2C)C(=O)OC(C)(C)C. The van der Waals surface area contributed by atoms with Crippen molar-refractivity contribution >= 4 is 40.7 Å². The summed E-state index contributed by atoms with van der Waals surface area (Å²) in [4.78, 5) is 63.8. The van der Waals surface area contributed by atoms with Gasteiger partial charge in [-0.15, -0.1) is 0 Å². The quantitative estimate of drug-likeness (QED) is 0.116. The average molecular weight is 841 g/mol. The molecule has 310 valence electrons. The first kappa shape index (κ1) is 41.6. The Kier molecular flexibility index (Phi) is 11.3. The van der Waals surface area contributed by atoms with E-state index in [0.717, 1.165) is 14.7 Å². The lowest BCUT2D eigenvalue weighted by Gasteiger charge is -2.31. The fourth-order valence-electron chi connectivity index (χ4n) is 7.16. The molecular weight excluding hydrogens is 801 g/mol. The number of carbonyl (C=O) groups excluding carboxylic acids is 2. The van der Waals surface area contributed by atoms with Crippen molar-refractivity contribution in [3.63, 3.8) is 0 Å². The minimum absolute atomic E-state index is 0.0128. The van der Waals surface area contributed by atoms with Crippen molar-refractivity contribution in [3.05, 3.63) is 151 Å². The Morgan fingerprint density at radius 2 is 1.75 bits per heavy atom. The highest BCUT2D eigenvalue weighted by molar-refractivity contribution is 6.32. The molecule has 5 aromatic rings. The van der Waals surface area contributed by atoms with E-state index in [1.165, 1.54) is 11.1 Å². The van der Waals surface area contributed by atoms with E-state index in [4.69, 9.17) is 16.3 Å². The predicted molar refractivity (Wildman–Crippen MR) is 221 cm³/mol. The third-order valence-electron chi connectivity index (χ3n) is 10.2. The van der Waals surface area contributed by atoms with Crippen molar-refractivity contribution in [1.82, 2.24) is 34.0 Å². The number of hydrogen-bond donors (Lipinski definition) is 1. The van der Waals surface area contributed by atoms with Crippen LogP contribution in [-0.2, 0) is 11.3 Å². The van der Waals surface area contributed by atoms with Gasteiger partial charge >= 0.3 is 17.5 Å². The highest BCUT2D eigenvalue weighted by atomic mass is 35.5. The number of aromatic nitrogens is 4. The zero-order valence-corrected chi connectivity index (χ0v) is 34.2. The molecule has 3 heterocycles. The number of allylic oxidation sites excluding steroid dienone is 1. The predicted octanol–water partition coefficient (Wildman–Crippen LogP) is 6.99. The van der Waals surface area contributed by atoms with Crippen LogP contribution < -0.4 is 16.7 Å². The normalized spacial score (nSPS) is 15.5. The maximum Gasteiger partial charge on any atom is 0.410 e. The summed E-state index contributed by atoms with van der Waals surface area (Å²) in [5.41, 5.74) is -0.0819. The number of nitrogens with one attached hydrogen (secondary N) is 1. The second-order valence-electron chi connectivity index (χ2n) is 15.4. The van der Waals surface area contributed by atoms with Crippen LogP contribution in [0.4, 0.5) is 23.9 Å². The van der Waals surface area contributed by atoms with Crippen LogP contribution in [0.5, 0.6) is 0 Å². The van der Waals surface area contributed by atoms with Gasteiger partial charge in [-0.25, -0.2) is 37.1 Å². The van der Waals surface area contributed by atoms with E-state index in [9.17, 15) is 28.0 Å². The Labute approximate surface area is 347 Å². The molecular formula is C43H40ClF3N8O5. The molecule has 0 spiro atoms. The summed E-state index contributed by atoms with van der Waals surface area (Å²) in [6, 6.07) is 12.7. The molecule has 1 amide bonds. The summed E-state index contributed by atoms with van der Waals surface area (Å²) in [5, 5.41) is 7.96. The molecule has 0 radical (unpaired) electrons. The number of anilines is 1. The van der Waals surface area contributed by atoms with E-state index in [1.807, 2.05) is 30.3 Å². The van der Waals surface area contributed by atoms with Gasteiger partial charge in [0.2, 0.25) is 5.95 Å². The topological polar surface area (TPSA) is 135 Å². The molecule has 2 aromatic heterocycles. The first-order chi connectivity index (χ1) is 28.4. The highest BCUT2D eigenvalue weighted by Crippen LogP contribution is 2.40. The zero-order chi connectivity index (χ0) is 43.2. The monoisotopic (exact) mass is 840 g/mol. The van der Waals surface area contributed by atoms with Gasteiger partial charge in [0, 0.05) is 68.1 Å². The third-order valence-corrected chi connectivity index (χ3v) is 10.5. The van der Waals surface area contributed by atoms with E-state index in [-0.39, 0.29) is 35.4 Å².